The smallest absolute Gasteiger partial charge is 0.253 e. The number of hydrogen-bond acceptors (Lipinski definition) is 2. The molecule has 0 bridgehead atoms. The molecule has 1 unspecified atom stereocenters. The maximum absolute atomic E-state index is 13.1. The fraction of sp³-hybridized carbons (Fsp3) is 0.263. The molecule has 3 aromatic rings. The molecule has 25 heavy (non-hydrogen) atoms. The van der Waals surface area contributed by atoms with E-state index in [0.717, 1.165) is 47.6 Å². The number of carbonyl (C=O) groups is 1. The fourth-order valence-electron chi connectivity index (χ4n) is 3.43. The number of imidazole rings is 1. The molecule has 0 aliphatic heterocycles. The molecule has 1 aliphatic rings. The van der Waals surface area contributed by atoms with Gasteiger partial charge in [-0.1, -0.05) is 12.1 Å². The average molecular weight is 338 g/mol. The lowest BCUT2D eigenvalue weighted by Crippen LogP contribution is -2.39. The molecular formula is C19H19FN4O. The van der Waals surface area contributed by atoms with Crippen LogP contribution < -0.4 is 5.32 Å². The lowest BCUT2D eigenvalue weighted by molar-refractivity contribution is 0.0934. The zero-order valence-electron chi connectivity index (χ0n) is 13.9. The van der Waals surface area contributed by atoms with Gasteiger partial charge in [-0.25, -0.2) is 9.37 Å². The van der Waals surface area contributed by atoms with Gasteiger partial charge in [-0.3, -0.25) is 4.79 Å². The minimum atomic E-state index is -0.293. The van der Waals surface area contributed by atoms with E-state index in [2.05, 4.69) is 20.3 Å². The summed E-state index contributed by atoms with van der Waals surface area (Å²) in [6.07, 6.45) is 5.95. The third-order valence-electron chi connectivity index (χ3n) is 4.64. The highest BCUT2D eigenvalue weighted by Gasteiger charge is 2.24. The summed E-state index contributed by atoms with van der Waals surface area (Å²) in [6.45, 7) is 1.95. The Morgan fingerprint density at radius 3 is 2.88 bits per heavy atom. The Morgan fingerprint density at radius 2 is 2.08 bits per heavy atom. The van der Waals surface area contributed by atoms with Crippen molar-refractivity contribution in [3.63, 3.8) is 0 Å². The number of aromatic nitrogens is 3. The van der Waals surface area contributed by atoms with Crippen molar-refractivity contribution in [2.24, 2.45) is 0 Å². The normalized spacial score (nSPS) is 16.5. The molecule has 0 spiro atoms. The average Bonchev–Trinajstić information content (AvgIpc) is 3.21. The SMILES string of the molecule is Cc1nc2c([nH]1)CC(NC(=O)c1c[nH]cc1-c1ccc(F)cc1)CC2. The van der Waals surface area contributed by atoms with Crippen molar-refractivity contribution in [1.29, 1.82) is 0 Å². The number of fused-ring (bicyclic) bond motifs is 1. The number of nitrogens with one attached hydrogen (secondary N) is 3. The highest BCUT2D eigenvalue weighted by molar-refractivity contribution is 6.00. The topological polar surface area (TPSA) is 73.6 Å². The standard InChI is InChI=1S/C19H19FN4O/c1-11-22-17-7-6-14(8-18(17)23-11)24-19(25)16-10-21-9-15(16)12-2-4-13(20)5-3-12/h2-5,9-10,14,21H,6-8H2,1H3,(H,22,23)(H,24,25). The van der Waals surface area contributed by atoms with E-state index in [0.29, 0.717) is 5.56 Å². The van der Waals surface area contributed by atoms with Gasteiger partial charge >= 0.3 is 0 Å². The van der Waals surface area contributed by atoms with E-state index in [1.165, 1.54) is 12.1 Å². The number of rotatable bonds is 3. The molecule has 1 aliphatic carbocycles. The van der Waals surface area contributed by atoms with Crippen LogP contribution in [0, 0.1) is 12.7 Å². The second-order valence-corrected chi connectivity index (χ2v) is 6.45. The van der Waals surface area contributed by atoms with Crippen LogP contribution in [0.1, 0.15) is 34.0 Å². The summed E-state index contributed by atoms with van der Waals surface area (Å²) in [4.78, 5) is 23.4. The van der Waals surface area contributed by atoms with Gasteiger partial charge in [-0.15, -0.1) is 0 Å². The van der Waals surface area contributed by atoms with E-state index in [1.807, 2.05) is 6.92 Å². The van der Waals surface area contributed by atoms with Crippen LogP contribution in [-0.2, 0) is 12.8 Å². The van der Waals surface area contributed by atoms with E-state index in [9.17, 15) is 9.18 Å². The number of carbonyl (C=O) groups excluding carboxylic acids is 1. The molecular weight excluding hydrogens is 319 g/mol. The van der Waals surface area contributed by atoms with E-state index < -0.39 is 0 Å². The molecule has 5 nitrogen and oxygen atoms in total. The molecule has 0 saturated carbocycles. The molecule has 4 rings (SSSR count). The summed E-state index contributed by atoms with van der Waals surface area (Å²) in [5.74, 6) is 0.504. The summed E-state index contributed by atoms with van der Waals surface area (Å²) in [6, 6.07) is 6.22. The summed E-state index contributed by atoms with van der Waals surface area (Å²) in [7, 11) is 0. The van der Waals surface area contributed by atoms with Crippen LogP contribution in [-0.4, -0.2) is 26.9 Å². The number of nitrogens with zero attached hydrogens (tertiary/aromatic N) is 1. The second kappa shape index (κ2) is 6.20. The number of benzene rings is 1. The maximum Gasteiger partial charge on any atom is 0.253 e. The first-order valence-electron chi connectivity index (χ1n) is 8.38. The van der Waals surface area contributed by atoms with Gasteiger partial charge in [0.15, 0.2) is 0 Å². The van der Waals surface area contributed by atoms with Crippen molar-refractivity contribution < 1.29 is 9.18 Å². The third kappa shape index (κ3) is 3.07. The monoisotopic (exact) mass is 338 g/mol. The number of hydrogen-bond donors (Lipinski definition) is 3. The van der Waals surface area contributed by atoms with Crippen LogP contribution in [0.25, 0.3) is 11.1 Å². The fourth-order valence-corrected chi connectivity index (χ4v) is 3.43. The number of amides is 1. The van der Waals surface area contributed by atoms with Crippen LogP contribution in [0.4, 0.5) is 4.39 Å². The Kier molecular flexibility index (Phi) is 3.87. The summed E-state index contributed by atoms with van der Waals surface area (Å²) in [5.41, 5.74) is 4.37. The molecule has 6 heteroatoms. The number of aryl methyl sites for hydroxylation is 2. The Hall–Kier alpha value is -2.89. The van der Waals surface area contributed by atoms with Gasteiger partial charge < -0.3 is 15.3 Å². The van der Waals surface area contributed by atoms with Crippen molar-refractivity contribution in [2.45, 2.75) is 32.2 Å². The first-order valence-corrected chi connectivity index (χ1v) is 8.38. The lowest BCUT2D eigenvalue weighted by atomic mass is 9.95. The van der Waals surface area contributed by atoms with Crippen LogP contribution in [0.2, 0.25) is 0 Å². The molecule has 0 saturated heterocycles. The highest BCUT2D eigenvalue weighted by atomic mass is 19.1. The number of aromatic amines is 2. The second-order valence-electron chi connectivity index (χ2n) is 6.45. The van der Waals surface area contributed by atoms with Gasteiger partial charge in [-0.2, -0.15) is 0 Å². The Morgan fingerprint density at radius 1 is 1.28 bits per heavy atom. The molecule has 2 aromatic heterocycles. The van der Waals surface area contributed by atoms with Crippen molar-refractivity contribution >= 4 is 5.91 Å². The minimum absolute atomic E-state index is 0.0795. The van der Waals surface area contributed by atoms with Crippen molar-refractivity contribution in [3.8, 4) is 11.1 Å². The molecule has 1 amide bonds. The molecule has 2 heterocycles. The van der Waals surface area contributed by atoms with Crippen molar-refractivity contribution in [2.75, 3.05) is 0 Å². The van der Waals surface area contributed by atoms with Gasteiger partial charge in [0.05, 0.1) is 11.3 Å². The quantitative estimate of drug-likeness (QED) is 0.686. The Labute approximate surface area is 144 Å². The Balaban J connectivity index is 1.51. The molecule has 128 valence electrons. The van der Waals surface area contributed by atoms with Gasteiger partial charge in [0.25, 0.3) is 5.91 Å². The van der Waals surface area contributed by atoms with Gasteiger partial charge in [0.2, 0.25) is 0 Å². The summed E-state index contributed by atoms with van der Waals surface area (Å²) < 4.78 is 13.1. The highest BCUT2D eigenvalue weighted by Crippen LogP contribution is 2.25. The van der Waals surface area contributed by atoms with E-state index in [4.69, 9.17) is 0 Å². The van der Waals surface area contributed by atoms with E-state index in [1.54, 1.807) is 24.5 Å². The largest absolute Gasteiger partial charge is 0.366 e. The van der Waals surface area contributed by atoms with E-state index >= 15 is 0 Å². The van der Waals surface area contributed by atoms with Gasteiger partial charge in [0.1, 0.15) is 11.6 Å². The predicted molar refractivity (Wildman–Crippen MR) is 92.8 cm³/mol. The van der Waals surface area contributed by atoms with Crippen LogP contribution in [0.15, 0.2) is 36.7 Å². The number of halogens is 1. The zero-order chi connectivity index (χ0) is 17.4. The zero-order valence-corrected chi connectivity index (χ0v) is 13.9. The third-order valence-corrected chi connectivity index (χ3v) is 4.64. The maximum atomic E-state index is 13.1. The first-order chi connectivity index (χ1) is 12.1. The van der Waals surface area contributed by atoms with E-state index in [-0.39, 0.29) is 17.8 Å². The van der Waals surface area contributed by atoms with Crippen molar-refractivity contribution in [3.05, 3.63) is 65.3 Å². The van der Waals surface area contributed by atoms with Crippen LogP contribution in [0.5, 0.6) is 0 Å². The molecule has 0 fully saturated rings. The van der Waals surface area contributed by atoms with Gasteiger partial charge in [0, 0.05) is 36.1 Å². The van der Waals surface area contributed by atoms with Crippen LogP contribution >= 0.6 is 0 Å². The predicted octanol–water partition coefficient (Wildman–Crippen LogP) is 3.14. The lowest BCUT2D eigenvalue weighted by Gasteiger charge is -2.22. The summed E-state index contributed by atoms with van der Waals surface area (Å²) in [5, 5.41) is 3.11. The molecule has 1 atom stereocenters. The first kappa shape index (κ1) is 15.6. The number of H-pyrrole nitrogens is 2. The molecule has 3 N–H and O–H groups in total. The minimum Gasteiger partial charge on any atom is -0.366 e. The molecule has 1 aromatic carbocycles. The summed E-state index contributed by atoms with van der Waals surface area (Å²) >= 11 is 0. The van der Waals surface area contributed by atoms with Gasteiger partial charge in [-0.05, 0) is 37.5 Å². The van der Waals surface area contributed by atoms with Crippen molar-refractivity contribution in [1.82, 2.24) is 20.3 Å². The Bertz CT molecular complexity index is 910. The van der Waals surface area contributed by atoms with Crippen LogP contribution in [0.3, 0.4) is 0 Å². The molecule has 0 radical (unpaired) electrons.